The zero-order valence-corrected chi connectivity index (χ0v) is 18.7. The molecule has 4 rings (SSSR count). The number of benzene rings is 2. The zero-order valence-electron chi connectivity index (χ0n) is 17.1. The van der Waals surface area contributed by atoms with Crippen molar-refractivity contribution in [2.24, 2.45) is 5.92 Å². The van der Waals surface area contributed by atoms with E-state index >= 15 is 0 Å². The molecule has 1 aliphatic carbocycles. The van der Waals surface area contributed by atoms with Crippen molar-refractivity contribution in [3.05, 3.63) is 70.4 Å². The third-order valence-corrected chi connectivity index (χ3v) is 6.85. The van der Waals surface area contributed by atoms with Gasteiger partial charge in [-0.1, -0.05) is 68.3 Å². The Bertz CT molecular complexity index is 1060. The largest absolute Gasteiger partial charge is 0.379 e. The summed E-state index contributed by atoms with van der Waals surface area (Å²) < 4.78 is 0.817. The molecule has 1 N–H and O–H groups in total. The van der Waals surface area contributed by atoms with E-state index in [9.17, 15) is 14.7 Å². The second-order valence-corrected chi connectivity index (χ2v) is 9.03. The lowest BCUT2D eigenvalue weighted by Gasteiger charge is -2.27. The standard InChI is InChI=1S/C25H26BrNO3/c1-2-3-6-14-27-23-20(10-7-11-21(23)26)25(30,24(27)29)16-22(28)19-13-12-17-8-4-5-9-18(17)15-19/h4-5,7-9,11-13,15,20,30H,2-3,6,10,14,16H2,1H3. The van der Waals surface area contributed by atoms with E-state index in [0.29, 0.717) is 18.5 Å². The summed E-state index contributed by atoms with van der Waals surface area (Å²) in [6.45, 7) is 2.68. The fourth-order valence-corrected chi connectivity index (χ4v) is 5.23. The molecule has 2 aliphatic rings. The number of halogens is 1. The minimum Gasteiger partial charge on any atom is -0.379 e. The normalized spacial score (nSPS) is 23.4. The maximum absolute atomic E-state index is 13.4. The van der Waals surface area contributed by atoms with Crippen molar-refractivity contribution >= 4 is 38.4 Å². The summed E-state index contributed by atoms with van der Waals surface area (Å²) in [4.78, 5) is 28.2. The molecular formula is C25H26BrNO3. The van der Waals surface area contributed by atoms with Crippen molar-refractivity contribution in [3.63, 3.8) is 0 Å². The van der Waals surface area contributed by atoms with E-state index in [1.54, 1.807) is 11.0 Å². The highest BCUT2D eigenvalue weighted by molar-refractivity contribution is 9.11. The highest BCUT2D eigenvalue weighted by Crippen LogP contribution is 2.47. The van der Waals surface area contributed by atoms with Crippen LogP contribution in [0.3, 0.4) is 0 Å². The topological polar surface area (TPSA) is 57.6 Å². The van der Waals surface area contributed by atoms with Crippen LogP contribution in [0.25, 0.3) is 10.8 Å². The van der Waals surface area contributed by atoms with E-state index in [-0.39, 0.29) is 18.1 Å². The number of carbonyl (C=O) groups is 2. The minimum atomic E-state index is -1.71. The number of hydrogen-bond acceptors (Lipinski definition) is 3. The van der Waals surface area contributed by atoms with Gasteiger partial charge in [0.1, 0.15) is 0 Å². The highest BCUT2D eigenvalue weighted by atomic mass is 79.9. The summed E-state index contributed by atoms with van der Waals surface area (Å²) in [6, 6.07) is 13.4. The molecule has 30 heavy (non-hydrogen) atoms. The lowest BCUT2D eigenvalue weighted by atomic mass is 9.79. The van der Waals surface area contributed by atoms with E-state index in [2.05, 4.69) is 22.9 Å². The number of rotatable bonds is 7. The van der Waals surface area contributed by atoms with Gasteiger partial charge in [0, 0.05) is 34.6 Å². The molecule has 1 fully saturated rings. The lowest BCUT2D eigenvalue weighted by molar-refractivity contribution is -0.144. The summed E-state index contributed by atoms with van der Waals surface area (Å²) in [7, 11) is 0. The van der Waals surface area contributed by atoms with Crippen LogP contribution in [0, 0.1) is 5.92 Å². The van der Waals surface area contributed by atoms with E-state index in [4.69, 9.17) is 0 Å². The summed E-state index contributed by atoms with van der Waals surface area (Å²) in [6.07, 6.45) is 7.16. The molecule has 1 amide bonds. The third-order valence-electron chi connectivity index (χ3n) is 6.18. The van der Waals surface area contributed by atoms with Crippen LogP contribution in [0.1, 0.15) is 49.4 Å². The molecule has 0 spiro atoms. The molecule has 2 atom stereocenters. The Balaban J connectivity index is 1.63. The van der Waals surface area contributed by atoms with Gasteiger partial charge in [-0.2, -0.15) is 0 Å². The van der Waals surface area contributed by atoms with Crippen LogP contribution >= 0.6 is 15.9 Å². The molecule has 0 bridgehead atoms. The Labute approximate surface area is 185 Å². The molecule has 5 heteroatoms. The van der Waals surface area contributed by atoms with E-state index in [1.807, 2.05) is 48.6 Å². The number of amides is 1. The maximum atomic E-state index is 13.4. The summed E-state index contributed by atoms with van der Waals surface area (Å²) in [5, 5.41) is 13.6. The maximum Gasteiger partial charge on any atom is 0.259 e. The van der Waals surface area contributed by atoms with Gasteiger partial charge >= 0.3 is 0 Å². The fraction of sp³-hybridized carbons (Fsp3) is 0.360. The van der Waals surface area contributed by atoms with Crippen molar-refractivity contribution < 1.29 is 14.7 Å². The second-order valence-electron chi connectivity index (χ2n) is 8.17. The van der Waals surface area contributed by atoms with E-state index in [0.717, 1.165) is 40.2 Å². The monoisotopic (exact) mass is 467 g/mol. The lowest BCUT2D eigenvalue weighted by Crippen LogP contribution is -2.45. The van der Waals surface area contributed by atoms with Gasteiger partial charge in [0.25, 0.3) is 5.91 Å². The average molecular weight is 468 g/mol. The van der Waals surface area contributed by atoms with Gasteiger partial charge < -0.3 is 10.0 Å². The first-order valence-corrected chi connectivity index (χ1v) is 11.4. The first-order valence-electron chi connectivity index (χ1n) is 10.6. The summed E-state index contributed by atoms with van der Waals surface area (Å²) >= 11 is 3.57. The Kier molecular flexibility index (Phi) is 5.94. The summed E-state index contributed by atoms with van der Waals surface area (Å²) in [5.41, 5.74) is -0.378. The molecule has 1 aliphatic heterocycles. The predicted molar refractivity (Wildman–Crippen MR) is 122 cm³/mol. The van der Waals surface area contributed by atoms with E-state index in [1.165, 1.54) is 0 Å². The van der Waals surface area contributed by atoms with Crippen molar-refractivity contribution in [3.8, 4) is 0 Å². The average Bonchev–Trinajstić information content (AvgIpc) is 2.96. The van der Waals surface area contributed by atoms with Gasteiger partial charge in [-0.25, -0.2) is 0 Å². The zero-order chi connectivity index (χ0) is 21.3. The van der Waals surface area contributed by atoms with Crippen LogP contribution in [0.4, 0.5) is 0 Å². The van der Waals surface area contributed by atoms with Crippen molar-refractivity contribution in [1.29, 1.82) is 0 Å². The van der Waals surface area contributed by atoms with Crippen LogP contribution in [-0.2, 0) is 4.79 Å². The smallest absolute Gasteiger partial charge is 0.259 e. The number of carbonyl (C=O) groups excluding carboxylic acids is 2. The molecule has 1 saturated heterocycles. The van der Waals surface area contributed by atoms with Crippen LogP contribution in [0.5, 0.6) is 0 Å². The highest BCUT2D eigenvalue weighted by Gasteiger charge is 2.57. The first-order chi connectivity index (χ1) is 14.5. The fourth-order valence-electron chi connectivity index (χ4n) is 4.55. The number of hydrogen-bond donors (Lipinski definition) is 1. The summed E-state index contributed by atoms with van der Waals surface area (Å²) in [5.74, 6) is -0.971. The van der Waals surface area contributed by atoms with Gasteiger partial charge in [-0.15, -0.1) is 0 Å². The molecule has 2 unspecified atom stereocenters. The Hall–Kier alpha value is -2.24. The van der Waals surface area contributed by atoms with Crippen molar-refractivity contribution in [2.75, 3.05) is 6.54 Å². The molecular weight excluding hydrogens is 442 g/mol. The molecule has 0 saturated carbocycles. The van der Waals surface area contributed by atoms with Gasteiger partial charge in [0.05, 0.1) is 0 Å². The second kappa shape index (κ2) is 8.48. The predicted octanol–water partition coefficient (Wildman–Crippen LogP) is 5.36. The third kappa shape index (κ3) is 3.65. The number of unbranched alkanes of at least 4 members (excludes halogenated alkanes) is 2. The number of allylic oxidation sites excluding steroid dienone is 3. The molecule has 0 aromatic heterocycles. The van der Waals surface area contributed by atoms with Crippen LogP contribution in [0.2, 0.25) is 0 Å². The molecule has 1 heterocycles. The van der Waals surface area contributed by atoms with E-state index < -0.39 is 11.5 Å². The van der Waals surface area contributed by atoms with Crippen molar-refractivity contribution in [2.45, 2.75) is 44.6 Å². The number of fused-ring (bicyclic) bond motifs is 2. The van der Waals surface area contributed by atoms with Gasteiger partial charge in [0.2, 0.25) is 0 Å². The van der Waals surface area contributed by atoms with Gasteiger partial charge in [-0.05, 0) is 45.6 Å². The Morgan fingerprint density at radius 3 is 2.73 bits per heavy atom. The number of Topliss-reactive ketones (excluding diaryl/α,β-unsaturated/α-hetero) is 1. The number of ketones is 1. The number of nitrogens with zero attached hydrogens (tertiary/aromatic N) is 1. The molecule has 4 nitrogen and oxygen atoms in total. The minimum absolute atomic E-state index is 0.211. The Morgan fingerprint density at radius 1 is 1.20 bits per heavy atom. The van der Waals surface area contributed by atoms with Crippen molar-refractivity contribution in [1.82, 2.24) is 4.90 Å². The number of aliphatic hydroxyl groups is 1. The molecule has 156 valence electrons. The van der Waals surface area contributed by atoms with Crippen LogP contribution in [0.15, 0.2) is 64.8 Å². The Morgan fingerprint density at radius 2 is 1.97 bits per heavy atom. The molecule has 2 aromatic rings. The SMILES string of the molecule is CCCCCN1C(=O)C(O)(CC(=O)c2ccc3ccccc3c2)C2CC=CC(Br)=C21. The molecule has 0 radical (unpaired) electrons. The van der Waals surface area contributed by atoms with Crippen LogP contribution in [-0.4, -0.2) is 33.8 Å². The van der Waals surface area contributed by atoms with Gasteiger partial charge in [-0.3, -0.25) is 9.59 Å². The van der Waals surface area contributed by atoms with Gasteiger partial charge in [0.15, 0.2) is 11.4 Å². The van der Waals surface area contributed by atoms with Crippen LogP contribution < -0.4 is 0 Å². The first kappa shape index (κ1) is 21.0. The molecule has 2 aromatic carbocycles. The number of likely N-dealkylation sites (tertiary alicyclic amines) is 1. The quantitative estimate of drug-likeness (QED) is 0.440.